The number of aromatic nitrogens is 2. The molecular weight excluding hydrogens is 268 g/mol. The highest BCUT2D eigenvalue weighted by molar-refractivity contribution is 5.77. The van der Waals surface area contributed by atoms with E-state index < -0.39 is 0 Å². The number of nitroso groups, excluding NO2 is 1. The topological polar surface area (TPSA) is 79.5 Å². The molecule has 0 saturated carbocycles. The summed E-state index contributed by atoms with van der Waals surface area (Å²) in [6, 6.07) is 3.68. The van der Waals surface area contributed by atoms with Gasteiger partial charge in [0.2, 0.25) is 6.54 Å². The summed E-state index contributed by atoms with van der Waals surface area (Å²) < 4.78 is 2.75. The van der Waals surface area contributed by atoms with Gasteiger partial charge < -0.3 is 5.73 Å². The molecule has 21 heavy (non-hydrogen) atoms. The Balaban J connectivity index is 1.83. The van der Waals surface area contributed by atoms with Crippen LogP contribution in [0, 0.1) is 4.91 Å². The second-order valence-corrected chi connectivity index (χ2v) is 5.47. The summed E-state index contributed by atoms with van der Waals surface area (Å²) >= 11 is 0. The van der Waals surface area contributed by atoms with Crippen LogP contribution < -0.4 is 10.7 Å². The lowest BCUT2D eigenvalue weighted by molar-refractivity contribution is -0.452. The lowest BCUT2D eigenvalue weighted by Crippen LogP contribution is -2.15. The van der Waals surface area contributed by atoms with Crippen LogP contribution in [0.25, 0.3) is 0 Å². The maximum absolute atomic E-state index is 12.0. The summed E-state index contributed by atoms with van der Waals surface area (Å²) in [6.45, 7) is 0.982. The quantitative estimate of drug-likeness (QED) is 0.635. The third-order valence-electron chi connectivity index (χ3n) is 3.96. The van der Waals surface area contributed by atoms with Crippen molar-refractivity contribution in [2.24, 2.45) is 12.1 Å². The predicted molar refractivity (Wildman–Crippen MR) is 79.6 cm³/mol. The highest BCUT2D eigenvalue weighted by atomic mass is 16.3. The van der Waals surface area contributed by atoms with Crippen molar-refractivity contribution in [1.82, 2.24) is 9.78 Å². The maximum Gasteiger partial charge on any atom is 0.262 e. The van der Waals surface area contributed by atoms with Gasteiger partial charge in [0.25, 0.3) is 5.69 Å². The molecule has 1 atom stereocenters. The fourth-order valence-electron chi connectivity index (χ4n) is 3.04. The van der Waals surface area contributed by atoms with Crippen LogP contribution in [0.4, 0.5) is 17.1 Å². The molecule has 0 radical (unpaired) electrons. The summed E-state index contributed by atoms with van der Waals surface area (Å²) in [4.78, 5) is 12.0. The van der Waals surface area contributed by atoms with E-state index in [9.17, 15) is 4.91 Å². The fourth-order valence-corrected chi connectivity index (χ4v) is 3.04. The number of benzene rings is 1. The van der Waals surface area contributed by atoms with E-state index in [1.165, 1.54) is 0 Å². The molecule has 2 N–H and O–H groups in total. The molecule has 0 fully saturated rings. The van der Waals surface area contributed by atoms with Gasteiger partial charge in [-0.15, -0.1) is 0 Å². The van der Waals surface area contributed by atoms with E-state index in [1.807, 2.05) is 30.5 Å². The zero-order valence-corrected chi connectivity index (χ0v) is 11.6. The molecule has 2 aromatic rings. The molecule has 7 nitrogen and oxygen atoms in total. The van der Waals surface area contributed by atoms with E-state index in [-0.39, 0.29) is 5.92 Å². The van der Waals surface area contributed by atoms with Crippen LogP contribution in [0.2, 0.25) is 0 Å². The monoisotopic (exact) mass is 283 g/mol. The largest absolute Gasteiger partial charge is 0.399 e. The van der Waals surface area contributed by atoms with Crippen molar-refractivity contribution in [2.45, 2.75) is 12.5 Å². The van der Waals surface area contributed by atoms with Crippen molar-refractivity contribution in [3.63, 3.8) is 0 Å². The molecule has 7 heteroatoms. The van der Waals surface area contributed by atoms with Crippen molar-refractivity contribution < 1.29 is 4.76 Å². The van der Waals surface area contributed by atoms with Gasteiger partial charge in [0, 0.05) is 46.4 Å². The first-order valence-corrected chi connectivity index (χ1v) is 6.79. The summed E-state index contributed by atoms with van der Waals surface area (Å²) in [5, 5.41) is 10.6. The number of rotatable bonds is 1. The van der Waals surface area contributed by atoms with Gasteiger partial charge in [0.1, 0.15) is 0 Å². The van der Waals surface area contributed by atoms with Crippen LogP contribution in [0.1, 0.15) is 17.0 Å². The number of hydrogen-bond donors (Lipinski definition) is 1. The fraction of sp³-hybridized carbons (Fsp3) is 0.286. The van der Waals surface area contributed by atoms with Crippen molar-refractivity contribution in [1.29, 1.82) is 0 Å². The van der Waals surface area contributed by atoms with Crippen LogP contribution in [0.15, 0.2) is 29.6 Å². The Kier molecular flexibility index (Phi) is 2.38. The first kappa shape index (κ1) is 12.1. The number of hydrogen-bond acceptors (Lipinski definition) is 5. The Labute approximate surface area is 121 Å². The molecule has 2 aliphatic heterocycles. The smallest absolute Gasteiger partial charge is 0.262 e. The van der Waals surface area contributed by atoms with Gasteiger partial charge in [-0.1, -0.05) is 0 Å². The number of hydrazone groups is 1. The third-order valence-corrected chi connectivity index (χ3v) is 3.96. The second kappa shape index (κ2) is 4.15. The van der Waals surface area contributed by atoms with Crippen molar-refractivity contribution in [3.05, 3.63) is 40.6 Å². The zero-order valence-electron chi connectivity index (χ0n) is 11.6. The lowest BCUT2D eigenvalue weighted by atomic mass is 9.96. The molecule has 3 heterocycles. The molecule has 1 aromatic heterocycles. The van der Waals surface area contributed by atoms with E-state index >= 15 is 0 Å². The number of nitrogens with zero attached hydrogens (tertiary/aromatic N) is 5. The van der Waals surface area contributed by atoms with Crippen LogP contribution in [-0.4, -0.2) is 27.3 Å². The Bertz CT molecular complexity index is 778. The highest BCUT2D eigenvalue weighted by Gasteiger charge is 2.40. The Morgan fingerprint density at radius 3 is 3.05 bits per heavy atom. The zero-order chi connectivity index (χ0) is 14.6. The number of nitrogens with two attached hydrogens (primary N) is 1. The van der Waals surface area contributed by atoms with Crippen molar-refractivity contribution in [3.8, 4) is 0 Å². The van der Waals surface area contributed by atoms with E-state index in [0.29, 0.717) is 24.5 Å². The van der Waals surface area contributed by atoms with Gasteiger partial charge >= 0.3 is 0 Å². The molecule has 0 saturated heterocycles. The minimum Gasteiger partial charge on any atom is -0.399 e. The Morgan fingerprint density at radius 1 is 1.43 bits per heavy atom. The van der Waals surface area contributed by atoms with Gasteiger partial charge in [0.05, 0.1) is 24.3 Å². The van der Waals surface area contributed by atoms with Gasteiger partial charge in [-0.05, 0) is 11.6 Å². The highest BCUT2D eigenvalue weighted by Crippen LogP contribution is 2.40. The van der Waals surface area contributed by atoms with Crippen molar-refractivity contribution >= 4 is 23.3 Å². The second-order valence-electron chi connectivity index (χ2n) is 5.47. The Hall–Kier alpha value is -2.70. The molecule has 0 bridgehead atoms. The van der Waals surface area contributed by atoms with E-state index in [0.717, 1.165) is 21.6 Å². The first-order valence-electron chi connectivity index (χ1n) is 6.79. The van der Waals surface area contributed by atoms with E-state index in [2.05, 4.69) is 10.2 Å². The van der Waals surface area contributed by atoms with Gasteiger partial charge in [-0.25, -0.2) is 0 Å². The van der Waals surface area contributed by atoms with Gasteiger partial charge in [-0.3, -0.25) is 9.69 Å². The minimum absolute atomic E-state index is 0.0229. The summed E-state index contributed by atoms with van der Waals surface area (Å²) in [5.74, 6) is 0.0229. The van der Waals surface area contributed by atoms with Crippen LogP contribution in [-0.2, 0) is 13.6 Å². The maximum atomic E-state index is 12.0. The molecular formula is C14H15N6O+. The lowest BCUT2D eigenvalue weighted by Gasteiger charge is -2.16. The summed E-state index contributed by atoms with van der Waals surface area (Å²) in [5.41, 5.74) is 10.2. The molecule has 0 amide bonds. The molecule has 0 aliphatic carbocycles. The molecule has 4 rings (SSSR count). The average molecular weight is 283 g/mol. The van der Waals surface area contributed by atoms with Crippen molar-refractivity contribution in [2.75, 3.05) is 17.3 Å². The van der Waals surface area contributed by atoms with Gasteiger partial charge in [-0.2, -0.15) is 10.2 Å². The van der Waals surface area contributed by atoms with Gasteiger partial charge in [0.15, 0.2) is 0 Å². The SMILES string of the molecule is Cn1cc(N2Cc3cc(N)cc4c3C(C=N2)C[N+]4=O)cn1. The standard InChI is InChI=1S/C14H15N6O/c1-18-8-12(5-16-18)19-6-9-2-11(15)3-13-14(9)10(4-17-19)7-20(13)21/h2-5,8,10H,6-7,15H2,1H3/q+1. The number of anilines is 2. The van der Waals surface area contributed by atoms with E-state index in [1.54, 1.807) is 16.9 Å². The molecule has 106 valence electrons. The Morgan fingerprint density at radius 2 is 2.29 bits per heavy atom. The molecule has 1 unspecified atom stereocenters. The molecule has 2 aliphatic rings. The van der Waals surface area contributed by atoms with E-state index in [4.69, 9.17) is 5.73 Å². The van der Waals surface area contributed by atoms with Crippen LogP contribution in [0.3, 0.4) is 0 Å². The minimum atomic E-state index is 0.0229. The third kappa shape index (κ3) is 1.81. The summed E-state index contributed by atoms with van der Waals surface area (Å²) in [7, 11) is 1.87. The number of nitrogen functional groups attached to an aromatic ring is 1. The molecule has 1 aromatic carbocycles. The predicted octanol–water partition coefficient (Wildman–Crippen LogP) is 1.52. The molecule has 0 spiro atoms. The summed E-state index contributed by atoms with van der Waals surface area (Å²) in [6.07, 6.45) is 5.53. The van der Waals surface area contributed by atoms with Crippen LogP contribution in [0.5, 0.6) is 0 Å². The normalized spacial score (nSPS) is 19.8. The first-order chi connectivity index (χ1) is 10.1. The van der Waals surface area contributed by atoms with Crippen LogP contribution >= 0.6 is 0 Å². The number of aryl methyl sites for hydroxylation is 1. The average Bonchev–Trinajstić information content (AvgIpc) is 2.94.